The number of aryl methyl sites for hydroxylation is 2. The molecule has 4 nitrogen and oxygen atoms in total. The van der Waals surface area contributed by atoms with E-state index in [4.69, 9.17) is 0 Å². The van der Waals surface area contributed by atoms with Crippen molar-refractivity contribution >= 4 is 17.0 Å². The number of non-ortho nitro benzene ring substituents is 1. The highest BCUT2D eigenvalue weighted by molar-refractivity contribution is 7.11. The van der Waals surface area contributed by atoms with Gasteiger partial charge in [0.25, 0.3) is 5.69 Å². The number of nitrogens with zero attached hydrogens (tertiary/aromatic N) is 2. The summed E-state index contributed by atoms with van der Waals surface area (Å²) in [5.74, 6) is 0. The number of hydrogen-bond donors (Lipinski definition) is 0. The lowest BCUT2D eigenvalue weighted by atomic mass is 10.1. The molecule has 2 aromatic rings. The zero-order valence-corrected chi connectivity index (χ0v) is 12.6. The fourth-order valence-corrected chi connectivity index (χ4v) is 3.13. The van der Waals surface area contributed by atoms with Crippen LogP contribution in [0.2, 0.25) is 0 Å². The van der Waals surface area contributed by atoms with Crippen LogP contribution in [0, 0.1) is 17.0 Å². The molecule has 0 amide bonds. The zero-order chi connectivity index (χ0) is 14.5. The van der Waals surface area contributed by atoms with Gasteiger partial charge in [-0.15, -0.1) is 11.3 Å². The summed E-state index contributed by atoms with van der Waals surface area (Å²) in [4.78, 5) is 16.2. The van der Waals surface area contributed by atoms with Crippen LogP contribution in [0.4, 0.5) is 5.69 Å². The van der Waals surface area contributed by atoms with Crippen molar-refractivity contribution in [3.63, 3.8) is 0 Å². The van der Waals surface area contributed by atoms with Gasteiger partial charge in [0.1, 0.15) is 0 Å². The van der Waals surface area contributed by atoms with E-state index in [0.29, 0.717) is 0 Å². The molecule has 0 unspecified atom stereocenters. The fourth-order valence-electron chi connectivity index (χ4n) is 2.11. The predicted octanol–water partition coefficient (Wildman–Crippen LogP) is 4.29. The minimum Gasteiger partial charge on any atom is -0.258 e. The Hall–Kier alpha value is -1.75. The van der Waals surface area contributed by atoms with Crippen LogP contribution < -0.4 is 0 Å². The largest absolute Gasteiger partial charge is 0.269 e. The number of unbranched alkanes of at least 4 members (excludes halogenated alkanes) is 1. The van der Waals surface area contributed by atoms with Crippen LogP contribution in [-0.4, -0.2) is 9.91 Å². The maximum Gasteiger partial charge on any atom is 0.269 e. The smallest absolute Gasteiger partial charge is 0.258 e. The molecule has 0 radical (unpaired) electrons. The first-order chi connectivity index (χ1) is 9.60. The molecule has 0 N–H and O–H groups in total. The summed E-state index contributed by atoms with van der Waals surface area (Å²) in [6, 6.07) is 6.79. The highest BCUT2D eigenvalue weighted by Crippen LogP contribution is 2.24. The monoisotopic (exact) mass is 290 g/mol. The Morgan fingerprint density at radius 3 is 2.60 bits per heavy atom. The van der Waals surface area contributed by atoms with Crippen molar-refractivity contribution < 1.29 is 4.92 Å². The molecule has 2 rings (SSSR count). The molecule has 0 spiro atoms. The van der Waals surface area contributed by atoms with Gasteiger partial charge in [0.05, 0.1) is 15.6 Å². The van der Waals surface area contributed by atoms with E-state index < -0.39 is 0 Å². The van der Waals surface area contributed by atoms with Crippen molar-refractivity contribution in [1.82, 2.24) is 4.98 Å². The van der Waals surface area contributed by atoms with Crippen LogP contribution in [0.1, 0.15) is 40.9 Å². The minimum atomic E-state index is -0.368. The van der Waals surface area contributed by atoms with Gasteiger partial charge in [0, 0.05) is 23.4 Å². The average Bonchev–Trinajstić information content (AvgIpc) is 2.77. The summed E-state index contributed by atoms with van der Waals surface area (Å²) in [6.45, 7) is 4.20. The van der Waals surface area contributed by atoms with E-state index >= 15 is 0 Å². The van der Waals surface area contributed by atoms with Crippen molar-refractivity contribution in [2.75, 3.05) is 0 Å². The number of benzene rings is 1. The van der Waals surface area contributed by atoms with E-state index in [9.17, 15) is 10.1 Å². The second kappa shape index (κ2) is 6.61. The maximum atomic E-state index is 10.6. The van der Waals surface area contributed by atoms with Crippen molar-refractivity contribution in [2.45, 2.75) is 39.5 Å². The summed E-state index contributed by atoms with van der Waals surface area (Å²) in [6.07, 6.45) is 4.13. The number of nitro benzene ring substituents is 1. The lowest BCUT2D eigenvalue weighted by Crippen LogP contribution is -1.94. The van der Waals surface area contributed by atoms with Gasteiger partial charge in [-0.2, -0.15) is 0 Å². The van der Waals surface area contributed by atoms with Crippen LogP contribution in [0.3, 0.4) is 0 Å². The summed E-state index contributed by atoms with van der Waals surface area (Å²) < 4.78 is 0. The standard InChI is InChI=1S/C15H18N2O2S/c1-3-4-5-14-15(20-11(2)16-14)10-12-6-8-13(9-7-12)17(18)19/h6-9H,3-5,10H2,1-2H3. The van der Waals surface area contributed by atoms with Gasteiger partial charge in [0.2, 0.25) is 0 Å². The molecule has 0 atom stereocenters. The van der Waals surface area contributed by atoms with Gasteiger partial charge in [0.15, 0.2) is 0 Å². The second-order valence-corrected chi connectivity index (χ2v) is 6.09. The van der Waals surface area contributed by atoms with Crippen LogP contribution >= 0.6 is 11.3 Å². The predicted molar refractivity (Wildman–Crippen MR) is 81.4 cm³/mol. The van der Waals surface area contributed by atoms with Gasteiger partial charge < -0.3 is 0 Å². The molecule has 1 aromatic heterocycles. The van der Waals surface area contributed by atoms with Gasteiger partial charge in [-0.25, -0.2) is 4.98 Å². The van der Waals surface area contributed by atoms with Gasteiger partial charge in [-0.3, -0.25) is 10.1 Å². The summed E-state index contributed by atoms with van der Waals surface area (Å²) in [7, 11) is 0. The third kappa shape index (κ3) is 3.63. The number of nitro groups is 1. The van der Waals surface area contributed by atoms with Crippen LogP contribution in [0.25, 0.3) is 0 Å². The SMILES string of the molecule is CCCCc1nc(C)sc1Cc1ccc([N+](=O)[O-])cc1. The number of hydrogen-bond acceptors (Lipinski definition) is 4. The Labute approximate surface area is 122 Å². The van der Waals surface area contributed by atoms with Crippen LogP contribution in [0.15, 0.2) is 24.3 Å². The highest BCUT2D eigenvalue weighted by Gasteiger charge is 2.10. The average molecular weight is 290 g/mol. The normalized spacial score (nSPS) is 10.7. The van der Waals surface area contributed by atoms with Crippen LogP contribution in [-0.2, 0) is 12.8 Å². The second-order valence-electron chi connectivity index (χ2n) is 4.81. The summed E-state index contributed by atoms with van der Waals surface area (Å²) in [5.41, 5.74) is 2.42. The molecule has 0 aliphatic heterocycles. The molecule has 0 aliphatic rings. The van der Waals surface area contributed by atoms with Crippen molar-refractivity contribution in [2.24, 2.45) is 0 Å². The Kier molecular flexibility index (Phi) is 4.84. The van der Waals surface area contributed by atoms with Gasteiger partial charge >= 0.3 is 0 Å². The van der Waals surface area contributed by atoms with E-state index in [1.165, 1.54) is 10.6 Å². The lowest BCUT2D eigenvalue weighted by molar-refractivity contribution is -0.384. The van der Waals surface area contributed by atoms with E-state index in [-0.39, 0.29) is 10.6 Å². The maximum absolute atomic E-state index is 10.6. The number of thiazole rings is 1. The number of aromatic nitrogens is 1. The quantitative estimate of drug-likeness (QED) is 0.589. The third-order valence-electron chi connectivity index (χ3n) is 3.16. The van der Waals surface area contributed by atoms with Crippen molar-refractivity contribution in [3.8, 4) is 0 Å². The molecule has 0 saturated carbocycles. The molecule has 5 heteroatoms. The minimum absolute atomic E-state index is 0.139. The molecular weight excluding hydrogens is 272 g/mol. The Morgan fingerprint density at radius 2 is 2.00 bits per heavy atom. The molecule has 20 heavy (non-hydrogen) atoms. The zero-order valence-electron chi connectivity index (χ0n) is 11.8. The Balaban J connectivity index is 2.14. The lowest BCUT2D eigenvalue weighted by Gasteiger charge is -2.02. The van der Waals surface area contributed by atoms with Crippen molar-refractivity contribution in [3.05, 3.63) is 55.5 Å². The molecule has 1 aromatic carbocycles. The molecule has 1 heterocycles. The summed E-state index contributed by atoms with van der Waals surface area (Å²) in [5, 5.41) is 11.7. The van der Waals surface area contributed by atoms with Crippen molar-refractivity contribution in [1.29, 1.82) is 0 Å². The molecule has 0 aliphatic carbocycles. The fraction of sp³-hybridized carbons (Fsp3) is 0.400. The summed E-state index contributed by atoms with van der Waals surface area (Å²) >= 11 is 1.73. The Bertz CT molecular complexity index is 590. The Morgan fingerprint density at radius 1 is 1.30 bits per heavy atom. The van der Waals surface area contributed by atoms with Gasteiger partial charge in [-0.05, 0) is 25.3 Å². The van der Waals surface area contributed by atoms with Gasteiger partial charge in [-0.1, -0.05) is 25.5 Å². The third-order valence-corrected chi connectivity index (χ3v) is 4.18. The molecule has 106 valence electrons. The first-order valence-electron chi connectivity index (χ1n) is 6.78. The first-order valence-corrected chi connectivity index (χ1v) is 7.60. The molecule has 0 fully saturated rings. The van der Waals surface area contributed by atoms with E-state index in [2.05, 4.69) is 11.9 Å². The highest BCUT2D eigenvalue weighted by atomic mass is 32.1. The van der Waals surface area contributed by atoms with E-state index in [1.807, 2.05) is 19.1 Å². The molecular formula is C15H18N2O2S. The first kappa shape index (κ1) is 14.7. The molecule has 0 saturated heterocycles. The van der Waals surface area contributed by atoms with Crippen LogP contribution in [0.5, 0.6) is 0 Å². The van der Waals surface area contributed by atoms with E-state index in [1.54, 1.807) is 23.5 Å². The topological polar surface area (TPSA) is 56.0 Å². The van der Waals surface area contributed by atoms with E-state index in [0.717, 1.165) is 36.3 Å². The number of rotatable bonds is 6. The molecule has 0 bridgehead atoms.